The van der Waals surface area contributed by atoms with Crippen LogP contribution in [0, 0.1) is 0 Å². The summed E-state index contributed by atoms with van der Waals surface area (Å²) in [4.78, 5) is 13.0. The Kier molecular flexibility index (Phi) is 4.34. The van der Waals surface area contributed by atoms with Crippen LogP contribution in [0.4, 0.5) is 5.69 Å². The number of carbonyl (C=O) groups is 1. The summed E-state index contributed by atoms with van der Waals surface area (Å²) in [5.41, 5.74) is 2.96. The van der Waals surface area contributed by atoms with Crippen molar-refractivity contribution in [3.63, 3.8) is 0 Å². The maximum Gasteiger partial charge on any atom is 0.219 e. The molecule has 0 unspecified atom stereocenters. The lowest BCUT2D eigenvalue weighted by molar-refractivity contribution is -0.128. The zero-order valence-electron chi connectivity index (χ0n) is 12.0. The summed E-state index contributed by atoms with van der Waals surface area (Å²) < 4.78 is 1.67. The van der Waals surface area contributed by atoms with E-state index in [-0.39, 0.29) is 5.91 Å². The molecule has 20 heavy (non-hydrogen) atoms. The van der Waals surface area contributed by atoms with Crippen molar-refractivity contribution in [1.82, 2.24) is 19.9 Å². The number of amides is 1. The lowest BCUT2D eigenvalue weighted by Gasteiger charge is -2.18. The van der Waals surface area contributed by atoms with E-state index < -0.39 is 0 Å². The van der Waals surface area contributed by atoms with Gasteiger partial charge in [0.05, 0.1) is 6.54 Å². The third-order valence-electron chi connectivity index (χ3n) is 3.07. The average Bonchev–Trinajstić information content (AvgIpc) is 2.83. The molecule has 0 fully saturated rings. The SMILES string of the molecule is CC(=O)N(C)Cc1ccccc1NCc1cn(C)nn1. The first-order valence-corrected chi connectivity index (χ1v) is 6.45. The molecule has 1 heterocycles. The molecular weight excluding hydrogens is 254 g/mol. The summed E-state index contributed by atoms with van der Waals surface area (Å²) in [6, 6.07) is 7.95. The van der Waals surface area contributed by atoms with Crippen LogP contribution >= 0.6 is 0 Å². The molecule has 0 atom stereocenters. The first kappa shape index (κ1) is 14.0. The number of hydrogen-bond acceptors (Lipinski definition) is 4. The lowest BCUT2D eigenvalue weighted by atomic mass is 10.1. The number of anilines is 1. The number of benzene rings is 1. The minimum Gasteiger partial charge on any atom is -0.379 e. The van der Waals surface area contributed by atoms with E-state index in [9.17, 15) is 4.79 Å². The molecule has 6 nitrogen and oxygen atoms in total. The van der Waals surface area contributed by atoms with E-state index in [4.69, 9.17) is 0 Å². The van der Waals surface area contributed by atoms with Crippen LogP contribution in [-0.2, 0) is 24.9 Å². The first-order chi connectivity index (χ1) is 9.56. The average molecular weight is 273 g/mol. The number of nitrogens with one attached hydrogen (secondary N) is 1. The Labute approximate surface area is 118 Å². The van der Waals surface area contributed by atoms with Crippen molar-refractivity contribution in [2.24, 2.45) is 7.05 Å². The van der Waals surface area contributed by atoms with Crippen LogP contribution in [0.2, 0.25) is 0 Å². The van der Waals surface area contributed by atoms with E-state index in [0.29, 0.717) is 13.1 Å². The fourth-order valence-corrected chi connectivity index (χ4v) is 1.86. The lowest BCUT2D eigenvalue weighted by Crippen LogP contribution is -2.23. The van der Waals surface area contributed by atoms with Crippen LogP contribution in [0.15, 0.2) is 30.5 Å². The van der Waals surface area contributed by atoms with Crippen LogP contribution in [0.1, 0.15) is 18.2 Å². The zero-order valence-corrected chi connectivity index (χ0v) is 12.0. The Hall–Kier alpha value is -2.37. The Morgan fingerprint density at radius 2 is 2.15 bits per heavy atom. The van der Waals surface area contributed by atoms with E-state index in [1.165, 1.54) is 0 Å². The molecule has 0 spiro atoms. The van der Waals surface area contributed by atoms with Crippen molar-refractivity contribution in [1.29, 1.82) is 0 Å². The standard InChI is InChI=1S/C14H19N5O/c1-11(20)18(2)9-12-6-4-5-7-14(12)15-8-13-10-19(3)17-16-13/h4-7,10,15H,8-9H2,1-3H3. The number of aryl methyl sites for hydroxylation is 1. The van der Waals surface area contributed by atoms with Crippen LogP contribution < -0.4 is 5.32 Å². The Morgan fingerprint density at radius 1 is 1.40 bits per heavy atom. The Bertz CT molecular complexity index is 593. The van der Waals surface area contributed by atoms with Crippen LogP contribution in [0.5, 0.6) is 0 Å². The molecule has 2 rings (SSSR count). The second kappa shape index (κ2) is 6.18. The number of nitrogens with zero attached hydrogens (tertiary/aromatic N) is 4. The van der Waals surface area contributed by atoms with Crippen molar-refractivity contribution in [3.8, 4) is 0 Å². The van der Waals surface area contributed by atoms with Gasteiger partial charge in [-0.3, -0.25) is 9.48 Å². The van der Waals surface area contributed by atoms with Gasteiger partial charge in [-0.25, -0.2) is 0 Å². The Morgan fingerprint density at radius 3 is 2.80 bits per heavy atom. The van der Waals surface area contributed by atoms with Crippen molar-refractivity contribution >= 4 is 11.6 Å². The number of hydrogen-bond donors (Lipinski definition) is 1. The number of aromatic nitrogens is 3. The molecule has 0 saturated carbocycles. The molecule has 1 aromatic carbocycles. The normalized spacial score (nSPS) is 10.3. The van der Waals surface area contributed by atoms with Gasteiger partial charge in [-0.1, -0.05) is 23.4 Å². The van der Waals surface area contributed by atoms with Crippen molar-refractivity contribution < 1.29 is 4.79 Å². The Balaban J connectivity index is 2.05. The van der Waals surface area contributed by atoms with Gasteiger partial charge < -0.3 is 10.2 Å². The van der Waals surface area contributed by atoms with E-state index in [0.717, 1.165) is 16.9 Å². The highest BCUT2D eigenvalue weighted by Crippen LogP contribution is 2.17. The second-order valence-corrected chi connectivity index (χ2v) is 4.77. The molecule has 1 amide bonds. The zero-order chi connectivity index (χ0) is 14.5. The molecule has 1 N–H and O–H groups in total. The quantitative estimate of drug-likeness (QED) is 0.894. The molecular formula is C14H19N5O. The van der Waals surface area contributed by atoms with Gasteiger partial charge in [0.2, 0.25) is 5.91 Å². The van der Waals surface area contributed by atoms with Gasteiger partial charge in [0.25, 0.3) is 0 Å². The molecule has 0 bridgehead atoms. The monoisotopic (exact) mass is 273 g/mol. The summed E-state index contributed by atoms with van der Waals surface area (Å²) in [6.07, 6.45) is 1.87. The predicted octanol–water partition coefficient (Wildman–Crippen LogP) is 1.41. The van der Waals surface area contributed by atoms with Crippen molar-refractivity contribution in [2.75, 3.05) is 12.4 Å². The summed E-state index contributed by atoms with van der Waals surface area (Å²) in [5, 5.41) is 11.3. The molecule has 0 aliphatic carbocycles. The highest BCUT2D eigenvalue weighted by Gasteiger charge is 2.07. The highest BCUT2D eigenvalue weighted by atomic mass is 16.2. The van der Waals surface area contributed by atoms with Gasteiger partial charge in [-0.05, 0) is 11.6 Å². The molecule has 1 aromatic heterocycles. The van der Waals surface area contributed by atoms with Gasteiger partial charge >= 0.3 is 0 Å². The molecule has 0 saturated heterocycles. The van der Waals surface area contributed by atoms with Crippen molar-refractivity contribution in [2.45, 2.75) is 20.0 Å². The van der Waals surface area contributed by atoms with Crippen LogP contribution in [0.3, 0.4) is 0 Å². The summed E-state index contributed by atoms with van der Waals surface area (Å²) in [5.74, 6) is 0.0497. The highest BCUT2D eigenvalue weighted by molar-refractivity contribution is 5.73. The topological polar surface area (TPSA) is 63.1 Å². The second-order valence-electron chi connectivity index (χ2n) is 4.77. The smallest absolute Gasteiger partial charge is 0.219 e. The van der Waals surface area contributed by atoms with E-state index >= 15 is 0 Å². The minimum atomic E-state index is 0.0497. The maximum absolute atomic E-state index is 11.3. The van der Waals surface area contributed by atoms with Crippen LogP contribution in [-0.4, -0.2) is 32.8 Å². The number of rotatable bonds is 5. The van der Waals surface area contributed by atoms with Gasteiger partial charge in [0, 0.05) is 39.4 Å². The molecule has 106 valence electrons. The summed E-state index contributed by atoms with van der Waals surface area (Å²) >= 11 is 0. The van der Waals surface area contributed by atoms with Gasteiger partial charge in [-0.15, -0.1) is 5.10 Å². The van der Waals surface area contributed by atoms with Gasteiger partial charge in [0.1, 0.15) is 5.69 Å². The molecule has 2 aromatic rings. The minimum absolute atomic E-state index is 0.0497. The van der Waals surface area contributed by atoms with Gasteiger partial charge in [0.15, 0.2) is 0 Å². The fraction of sp³-hybridized carbons (Fsp3) is 0.357. The molecule has 0 aliphatic rings. The fourth-order valence-electron chi connectivity index (χ4n) is 1.86. The first-order valence-electron chi connectivity index (χ1n) is 6.45. The molecule has 0 aliphatic heterocycles. The van der Waals surface area contributed by atoms with E-state index in [1.54, 1.807) is 23.6 Å². The maximum atomic E-state index is 11.3. The van der Waals surface area contributed by atoms with Crippen LogP contribution in [0.25, 0.3) is 0 Å². The number of carbonyl (C=O) groups excluding carboxylic acids is 1. The third kappa shape index (κ3) is 3.57. The van der Waals surface area contributed by atoms with E-state index in [1.807, 2.05) is 37.5 Å². The molecule has 6 heteroatoms. The van der Waals surface area contributed by atoms with E-state index in [2.05, 4.69) is 15.6 Å². The number of para-hydroxylation sites is 1. The predicted molar refractivity (Wildman–Crippen MR) is 76.9 cm³/mol. The third-order valence-corrected chi connectivity index (χ3v) is 3.07. The largest absolute Gasteiger partial charge is 0.379 e. The van der Waals surface area contributed by atoms with Crippen molar-refractivity contribution in [3.05, 3.63) is 41.7 Å². The van der Waals surface area contributed by atoms with Gasteiger partial charge in [-0.2, -0.15) is 0 Å². The molecule has 0 radical (unpaired) electrons. The summed E-state index contributed by atoms with van der Waals surface area (Å²) in [7, 11) is 3.63. The summed E-state index contributed by atoms with van der Waals surface area (Å²) in [6.45, 7) is 2.75.